The predicted octanol–water partition coefficient (Wildman–Crippen LogP) is 1.96. The molecule has 0 radical (unpaired) electrons. The third kappa shape index (κ3) is 3.60. The molecule has 4 rings (SSSR count). The molecule has 4 aliphatic rings. The zero-order chi connectivity index (χ0) is 16.7. The van der Waals surface area contributed by atoms with Crippen molar-refractivity contribution in [3.05, 3.63) is 0 Å². The molecule has 0 aromatic carbocycles. The first-order valence-corrected chi connectivity index (χ1v) is 9.78. The van der Waals surface area contributed by atoms with Crippen molar-refractivity contribution in [1.29, 1.82) is 0 Å². The number of fused-ring (bicyclic) bond motifs is 4. The van der Waals surface area contributed by atoms with Crippen LogP contribution in [0, 0.1) is 0 Å². The fraction of sp³-hybridized carbons (Fsp3) is 1.00. The monoisotopic (exact) mass is 322 g/mol. The zero-order valence-corrected chi connectivity index (χ0v) is 16.2. The summed E-state index contributed by atoms with van der Waals surface area (Å²) in [5.41, 5.74) is 0. The molecular weight excluding hydrogens is 284 g/mol. The van der Waals surface area contributed by atoms with Crippen LogP contribution in [0.25, 0.3) is 0 Å². The Morgan fingerprint density at radius 3 is 1.70 bits per heavy atom. The Balaban J connectivity index is 0.000000136. The van der Waals surface area contributed by atoms with Crippen molar-refractivity contribution in [3.8, 4) is 0 Å². The first-order valence-electron chi connectivity index (χ1n) is 9.78. The van der Waals surface area contributed by atoms with Crippen LogP contribution < -0.4 is 0 Å². The van der Waals surface area contributed by atoms with E-state index in [2.05, 4.69) is 61.4 Å². The van der Waals surface area contributed by atoms with Crippen LogP contribution in [-0.2, 0) is 0 Å². The fourth-order valence-electron chi connectivity index (χ4n) is 5.10. The minimum atomic E-state index is 0.738. The van der Waals surface area contributed by atoms with Crippen molar-refractivity contribution in [3.63, 3.8) is 0 Å². The van der Waals surface area contributed by atoms with E-state index >= 15 is 0 Å². The van der Waals surface area contributed by atoms with E-state index in [1.54, 1.807) is 0 Å². The number of hydrogen-bond acceptors (Lipinski definition) is 4. The molecule has 0 saturated carbocycles. The van der Waals surface area contributed by atoms with Crippen molar-refractivity contribution in [2.45, 2.75) is 83.2 Å². The summed E-state index contributed by atoms with van der Waals surface area (Å²) >= 11 is 0. The molecule has 4 nitrogen and oxygen atoms in total. The first kappa shape index (κ1) is 17.7. The van der Waals surface area contributed by atoms with Crippen molar-refractivity contribution in [2.75, 3.05) is 40.3 Å². The second-order valence-corrected chi connectivity index (χ2v) is 8.87. The molecule has 134 valence electrons. The van der Waals surface area contributed by atoms with Crippen molar-refractivity contribution in [2.24, 2.45) is 0 Å². The predicted molar refractivity (Wildman–Crippen MR) is 97.9 cm³/mol. The summed E-state index contributed by atoms with van der Waals surface area (Å²) in [6.45, 7) is 14.4. The Hall–Kier alpha value is -0.160. The lowest BCUT2D eigenvalue weighted by Gasteiger charge is -2.40. The van der Waals surface area contributed by atoms with Gasteiger partial charge in [-0.05, 0) is 61.1 Å². The van der Waals surface area contributed by atoms with E-state index < -0.39 is 0 Å². The molecule has 4 saturated heterocycles. The lowest BCUT2D eigenvalue weighted by molar-refractivity contribution is 0.0682. The standard InChI is InChI=1S/C10H20N2.C9H18N2/c1-8(2)12-6-9-4-5-10(7-12)11(9)3;1-7(2)11-6-8-4-9(11)5-10(8)3/h8-10H,4-7H2,1-3H3;7-9H,4-6H2,1-3H3. The highest BCUT2D eigenvalue weighted by Gasteiger charge is 2.42. The molecule has 4 heteroatoms. The van der Waals surface area contributed by atoms with E-state index in [0.717, 1.165) is 36.3 Å². The maximum Gasteiger partial charge on any atom is 0.0241 e. The van der Waals surface area contributed by atoms with Crippen molar-refractivity contribution in [1.82, 2.24) is 19.6 Å². The number of rotatable bonds is 2. The number of likely N-dealkylation sites (tertiary alicyclic amines) is 3. The molecule has 0 N–H and O–H groups in total. The second kappa shape index (κ2) is 6.99. The maximum atomic E-state index is 2.64. The van der Waals surface area contributed by atoms with Gasteiger partial charge in [-0.1, -0.05) is 0 Å². The Morgan fingerprint density at radius 1 is 0.696 bits per heavy atom. The smallest absolute Gasteiger partial charge is 0.0241 e. The molecule has 4 unspecified atom stereocenters. The van der Waals surface area contributed by atoms with Crippen LogP contribution in [0.15, 0.2) is 0 Å². The molecule has 0 amide bonds. The minimum Gasteiger partial charge on any atom is -0.301 e. The SMILES string of the molecule is CC(C)N1CC2CC1CN2C.CC(C)N1CC2CCC(C1)N2C. The third-order valence-corrected chi connectivity index (χ3v) is 6.83. The molecular formula is C19H38N4. The summed E-state index contributed by atoms with van der Waals surface area (Å²) in [7, 11) is 4.54. The molecule has 4 bridgehead atoms. The van der Waals surface area contributed by atoms with Gasteiger partial charge in [0.05, 0.1) is 0 Å². The van der Waals surface area contributed by atoms with Gasteiger partial charge in [-0.2, -0.15) is 0 Å². The number of piperazine rings is 2. The summed E-state index contributed by atoms with van der Waals surface area (Å²) < 4.78 is 0. The van der Waals surface area contributed by atoms with Crippen LogP contribution in [0.4, 0.5) is 0 Å². The molecule has 4 heterocycles. The lowest BCUT2D eigenvalue weighted by Crippen LogP contribution is -2.53. The van der Waals surface area contributed by atoms with Crippen LogP contribution >= 0.6 is 0 Å². The van der Waals surface area contributed by atoms with Gasteiger partial charge in [0.25, 0.3) is 0 Å². The van der Waals surface area contributed by atoms with E-state index in [0.29, 0.717) is 0 Å². The molecule has 23 heavy (non-hydrogen) atoms. The van der Waals surface area contributed by atoms with E-state index in [1.165, 1.54) is 45.4 Å². The molecule has 0 aromatic rings. The largest absolute Gasteiger partial charge is 0.301 e. The van der Waals surface area contributed by atoms with E-state index in [9.17, 15) is 0 Å². The highest BCUT2D eigenvalue weighted by molar-refractivity contribution is 4.99. The van der Waals surface area contributed by atoms with Gasteiger partial charge in [0.15, 0.2) is 0 Å². The average molecular weight is 323 g/mol. The lowest BCUT2D eigenvalue weighted by atomic mass is 10.1. The maximum absolute atomic E-state index is 2.64. The fourth-order valence-corrected chi connectivity index (χ4v) is 5.10. The van der Waals surface area contributed by atoms with Gasteiger partial charge in [-0.3, -0.25) is 14.7 Å². The average Bonchev–Trinajstić information content (AvgIpc) is 3.10. The summed E-state index contributed by atoms with van der Waals surface area (Å²) in [5.74, 6) is 0. The molecule has 0 spiro atoms. The summed E-state index contributed by atoms with van der Waals surface area (Å²) in [5, 5.41) is 0. The number of hydrogen-bond donors (Lipinski definition) is 0. The van der Waals surface area contributed by atoms with Gasteiger partial charge in [0, 0.05) is 62.4 Å². The highest BCUT2D eigenvalue weighted by atomic mass is 15.3. The quantitative estimate of drug-likeness (QED) is 0.770. The van der Waals surface area contributed by atoms with Crippen LogP contribution in [0.3, 0.4) is 0 Å². The second-order valence-electron chi connectivity index (χ2n) is 8.87. The van der Waals surface area contributed by atoms with Gasteiger partial charge in [0.2, 0.25) is 0 Å². The summed E-state index contributed by atoms with van der Waals surface area (Å²) in [4.78, 5) is 10.4. The van der Waals surface area contributed by atoms with Gasteiger partial charge in [-0.15, -0.1) is 0 Å². The van der Waals surface area contributed by atoms with E-state index in [1.807, 2.05) is 0 Å². The molecule has 0 aliphatic carbocycles. The normalized spacial score (nSPS) is 38.6. The zero-order valence-electron chi connectivity index (χ0n) is 16.2. The van der Waals surface area contributed by atoms with Gasteiger partial charge in [0.1, 0.15) is 0 Å². The van der Waals surface area contributed by atoms with Gasteiger partial charge < -0.3 is 4.90 Å². The Labute approximate surface area is 143 Å². The minimum absolute atomic E-state index is 0.738. The van der Waals surface area contributed by atoms with Crippen LogP contribution in [0.2, 0.25) is 0 Å². The van der Waals surface area contributed by atoms with Crippen LogP contribution in [0.1, 0.15) is 47.0 Å². The number of likely N-dealkylation sites (N-methyl/N-ethyl adjacent to an activating group) is 2. The topological polar surface area (TPSA) is 13.0 Å². The van der Waals surface area contributed by atoms with Crippen LogP contribution in [-0.4, -0.2) is 96.1 Å². The van der Waals surface area contributed by atoms with E-state index in [4.69, 9.17) is 0 Å². The molecule has 0 aromatic heterocycles. The van der Waals surface area contributed by atoms with Crippen LogP contribution in [0.5, 0.6) is 0 Å². The van der Waals surface area contributed by atoms with Gasteiger partial charge in [-0.25, -0.2) is 0 Å². The van der Waals surface area contributed by atoms with Crippen molar-refractivity contribution >= 4 is 0 Å². The highest BCUT2D eigenvalue weighted by Crippen LogP contribution is 2.30. The summed E-state index contributed by atoms with van der Waals surface area (Å²) in [6, 6.07) is 4.92. The first-order chi connectivity index (χ1) is 10.9. The Kier molecular flexibility index (Phi) is 5.37. The Bertz CT molecular complexity index is 381. The molecule has 4 atom stereocenters. The number of nitrogens with zero attached hydrogens (tertiary/aromatic N) is 4. The van der Waals surface area contributed by atoms with E-state index in [-0.39, 0.29) is 0 Å². The molecule has 4 fully saturated rings. The van der Waals surface area contributed by atoms with Crippen molar-refractivity contribution < 1.29 is 0 Å². The third-order valence-electron chi connectivity index (χ3n) is 6.83. The van der Waals surface area contributed by atoms with Gasteiger partial charge >= 0.3 is 0 Å². The Morgan fingerprint density at radius 2 is 1.30 bits per heavy atom. The summed E-state index contributed by atoms with van der Waals surface area (Å²) in [6.07, 6.45) is 4.25. The molecule has 4 aliphatic heterocycles.